The molecule has 0 saturated heterocycles. The largest absolute Gasteiger partial charge is 0.466 e. The third-order valence-electron chi connectivity index (χ3n) is 2.70. The lowest BCUT2D eigenvalue weighted by molar-refractivity contribution is -0.141. The number of hydrogen-bond acceptors (Lipinski definition) is 10. The van der Waals surface area contributed by atoms with E-state index in [2.05, 4.69) is 37.5 Å². The van der Waals surface area contributed by atoms with Crippen LogP contribution in [0.15, 0.2) is 0 Å². The number of unbranched alkanes of at least 4 members (excludes halogenated alkanes) is 3. The number of carbonyl (C=O) groups excluding carboxylic acids is 5. The van der Waals surface area contributed by atoms with Gasteiger partial charge in [0.15, 0.2) is 0 Å². The summed E-state index contributed by atoms with van der Waals surface area (Å²) in [7, 11) is 0. The minimum atomic E-state index is -0.211. The second-order valence-electron chi connectivity index (χ2n) is 6.33. The molecule has 0 aromatic carbocycles. The van der Waals surface area contributed by atoms with Gasteiger partial charge < -0.3 is 23.7 Å². The molecule has 10 nitrogen and oxygen atoms in total. The van der Waals surface area contributed by atoms with Crippen molar-refractivity contribution in [3.8, 4) is 0 Å². The van der Waals surface area contributed by atoms with E-state index in [0.29, 0.717) is 33.0 Å². The molecule has 0 spiro atoms. The van der Waals surface area contributed by atoms with Crippen molar-refractivity contribution in [1.82, 2.24) is 0 Å². The van der Waals surface area contributed by atoms with E-state index in [4.69, 9.17) is 0 Å². The highest BCUT2D eigenvalue weighted by molar-refractivity contribution is 5.66. The van der Waals surface area contributed by atoms with Crippen molar-refractivity contribution in [2.24, 2.45) is 0 Å². The fourth-order valence-electron chi connectivity index (χ4n) is 1.52. The third-order valence-corrected chi connectivity index (χ3v) is 2.70. The Kier molecular flexibility index (Phi) is 59.3. The van der Waals surface area contributed by atoms with Gasteiger partial charge in [0.1, 0.15) is 0 Å². The monoisotopic (exact) mass is 526 g/mol. The first-order valence-electron chi connectivity index (χ1n) is 12.4. The summed E-state index contributed by atoms with van der Waals surface area (Å²) in [6.07, 6.45) is 5.54. The Morgan fingerprint density at radius 3 is 0.528 bits per heavy atom. The smallest absolute Gasteiger partial charge is 0.302 e. The SMILES string of the molecule is CCCCCC.CCOC(C)=O.CCOC(C)=O.CCOC(C)=O.CCOC(C)=O.CCOC(C)=O. The van der Waals surface area contributed by atoms with Gasteiger partial charge in [-0.1, -0.05) is 39.5 Å². The van der Waals surface area contributed by atoms with Crippen molar-refractivity contribution >= 4 is 29.8 Å². The van der Waals surface area contributed by atoms with E-state index in [9.17, 15) is 24.0 Å². The Morgan fingerprint density at radius 1 is 0.361 bits per heavy atom. The second-order valence-corrected chi connectivity index (χ2v) is 6.33. The first-order valence-corrected chi connectivity index (χ1v) is 12.4. The van der Waals surface area contributed by atoms with Crippen LogP contribution in [-0.4, -0.2) is 62.9 Å². The van der Waals surface area contributed by atoms with E-state index < -0.39 is 0 Å². The topological polar surface area (TPSA) is 132 Å². The van der Waals surface area contributed by atoms with Crippen LogP contribution in [-0.2, 0) is 47.7 Å². The normalized spacial score (nSPS) is 7.89. The number of esters is 5. The average Bonchev–Trinajstić information content (AvgIpc) is 2.74. The molecule has 0 rings (SSSR count). The fraction of sp³-hybridized carbons (Fsp3) is 0.808. The summed E-state index contributed by atoms with van der Waals surface area (Å²) in [5, 5.41) is 0. The van der Waals surface area contributed by atoms with E-state index >= 15 is 0 Å². The highest BCUT2D eigenvalue weighted by Gasteiger charge is 1.83. The van der Waals surface area contributed by atoms with Gasteiger partial charge >= 0.3 is 29.8 Å². The van der Waals surface area contributed by atoms with Gasteiger partial charge in [0, 0.05) is 34.6 Å². The van der Waals surface area contributed by atoms with E-state index in [1.807, 2.05) is 0 Å². The third kappa shape index (κ3) is 123. The Morgan fingerprint density at radius 2 is 0.500 bits per heavy atom. The van der Waals surface area contributed by atoms with Crippen molar-refractivity contribution in [3.05, 3.63) is 0 Å². The summed E-state index contributed by atoms with van der Waals surface area (Å²) in [5.41, 5.74) is 0. The lowest BCUT2D eigenvalue weighted by Crippen LogP contribution is -1.95. The molecule has 0 saturated carbocycles. The highest BCUT2D eigenvalue weighted by atomic mass is 16.5. The molecule has 0 fully saturated rings. The quantitative estimate of drug-likeness (QED) is 0.229. The fourth-order valence-corrected chi connectivity index (χ4v) is 1.52. The van der Waals surface area contributed by atoms with Crippen LogP contribution in [0.1, 0.15) is 109 Å². The average molecular weight is 527 g/mol. The molecule has 0 aliphatic carbocycles. The maximum absolute atomic E-state index is 9.82. The Labute approximate surface area is 219 Å². The molecule has 0 radical (unpaired) electrons. The lowest BCUT2D eigenvalue weighted by Gasteiger charge is -1.89. The summed E-state index contributed by atoms with van der Waals surface area (Å²) in [6.45, 7) is 22.7. The number of ether oxygens (including phenoxy) is 5. The summed E-state index contributed by atoms with van der Waals surface area (Å²) < 4.78 is 22.0. The zero-order valence-corrected chi connectivity index (χ0v) is 24.9. The number of carbonyl (C=O) groups is 5. The maximum Gasteiger partial charge on any atom is 0.302 e. The summed E-state index contributed by atoms with van der Waals surface area (Å²) in [6, 6.07) is 0. The minimum Gasteiger partial charge on any atom is -0.466 e. The van der Waals surface area contributed by atoms with Gasteiger partial charge in [-0.15, -0.1) is 0 Å². The summed E-state index contributed by atoms with van der Waals surface area (Å²) >= 11 is 0. The Hall–Kier alpha value is -2.65. The summed E-state index contributed by atoms with van der Waals surface area (Å²) in [5.74, 6) is -1.05. The Bertz CT molecular complexity index is 394. The van der Waals surface area contributed by atoms with Crippen LogP contribution >= 0.6 is 0 Å². The molecule has 0 aromatic heterocycles. The Balaban J connectivity index is -0.0000000750. The van der Waals surface area contributed by atoms with Gasteiger partial charge in [0.25, 0.3) is 0 Å². The first-order chi connectivity index (χ1) is 16.8. The van der Waals surface area contributed by atoms with Gasteiger partial charge in [-0.25, -0.2) is 0 Å². The lowest BCUT2D eigenvalue weighted by atomic mass is 10.2. The molecule has 0 atom stereocenters. The molecule has 0 aliphatic rings. The molecule has 0 unspecified atom stereocenters. The maximum atomic E-state index is 9.82. The molecule has 0 amide bonds. The standard InChI is InChI=1S/C6H14.5C4H8O2/c1-3-5-6-4-2;5*1-3-6-4(2)5/h3-6H2,1-2H3;5*3H2,1-2H3. The van der Waals surface area contributed by atoms with E-state index in [-0.39, 0.29) is 29.8 Å². The van der Waals surface area contributed by atoms with Crippen molar-refractivity contribution in [1.29, 1.82) is 0 Å². The number of rotatable bonds is 8. The molecular formula is C26H54O10. The first kappa shape index (κ1) is 46.7. The van der Waals surface area contributed by atoms with Crippen molar-refractivity contribution in [3.63, 3.8) is 0 Å². The van der Waals surface area contributed by atoms with Crippen LogP contribution in [0.3, 0.4) is 0 Å². The highest BCUT2D eigenvalue weighted by Crippen LogP contribution is 1.95. The molecule has 0 bridgehead atoms. The van der Waals surface area contributed by atoms with E-state index in [1.54, 1.807) is 34.6 Å². The molecule has 0 aromatic rings. The van der Waals surface area contributed by atoms with Crippen LogP contribution in [0, 0.1) is 0 Å². The minimum absolute atomic E-state index is 0.211. The summed E-state index contributed by atoms with van der Waals surface area (Å²) in [4.78, 5) is 49.1. The predicted octanol–water partition coefficient (Wildman–Crippen LogP) is 5.43. The van der Waals surface area contributed by atoms with Crippen LogP contribution in [0.5, 0.6) is 0 Å². The number of hydrogen-bond donors (Lipinski definition) is 0. The van der Waals surface area contributed by atoms with Crippen molar-refractivity contribution in [2.45, 2.75) is 109 Å². The second kappa shape index (κ2) is 45.8. The van der Waals surface area contributed by atoms with Crippen LogP contribution in [0.4, 0.5) is 0 Å². The van der Waals surface area contributed by atoms with Crippen LogP contribution < -0.4 is 0 Å². The van der Waals surface area contributed by atoms with Crippen molar-refractivity contribution in [2.75, 3.05) is 33.0 Å². The van der Waals surface area contributed by atoms with E-state index in [0.717, 1.165) is 0 Å². The molecule has 0 aliphatic heterocycles. The van der Waals surface area contributed by atoms with Gasteiger partial charge in [-0.05, 0) is 34.6 Å². The molecule has 0 heterocycles. The van der Waals surface area contributed by atoms with Gasteiger partial charge in [0.2, 0.25) is 0 Å². The molecular weight excluding hydrogens is 472 g/mol. The molecule has 36 heavy (non-hydrogen) atoms. The predicted molar refractivity (Wildman–Crippen MR) is 141 cm³/mol. The van der Waals surface area contributed by atoms with E-state index in [1.165, 1.54) is 60.3 Å². The van der Waals surface area contributed by atoms with Gasteiger partial charge in [0.05, 0.1) is 33.0 Å². The van der Waals surface area contributed by atoms with Gasteiger partial charge in [-0.2, -0.15) is 0 Å². The zero-order chi connectivity index (χ0) is 29.8. The van der Waals surface area contributed by atoms with Gasteiger partial charge in [-0.3, -0.25) is 24.0 Å². The van der Waals surface area contributed by atoms with Crippen molar-refractivity contribution < 1.29 is 47.7 Å². The van der Waals surface area contributed by atoms with Crippen LogP contribution in [0.25, 0.3) is 0 Å². The van der Waals surface area contributed by atoms with Crippen LogP contribution in [0.2, 0.25) is 0 Å². The molecule has 0 N–H and O–H groups in total. The molecule has 218 valence electrons. The zero-order valence-electron chi connectivity index (χ0n) is 24.9. The molecule has 10 heteroatoms.